The second-order valence-electron chi connectivity index (χ2n) is 10.4. The van der Waals surface area contributed by atoms with Crippen LogP contribution in [0.3, 0.4) is 0 Å². The predicted molar refractivity (Wildman–Crippen MR) is 131 cm³/mol. The van der Waals surface area contributed by atoms with Gasteiger partial charge >= 0.3 is 0 Å². The number of aromatic amines is 1. The third-order valence-corrected chi connectivity index (χ3v) is 8.25. The topological polar surface area (TPSA) is 103 Å². The average molecular weight is 458 g/mol. The number of nitriles is 1. The number of carbonyl (C=O) groups is 2. The largest absolute Gasteiger partial charge is 0.350 e. The quantitative estimate of drug-likeness (QED) is 0.521. The molecule has 3 N–H and O–H groups in total. The number of carbonyl (C=O) groups excluding carboxylic acids is 2. The summed E-state index contributed by atoms with van der Waals surface area (Å²) in [4.78, 5) is 29.3. The van der Waals surface area contributed by atoms with Crippen molar-refractivity contribution in [1.29, 1.82) is 5.26 Å². The van der Waals surface area contributed by atoms with E-state index in [0.717, 1.165) is 46.9 Å². The van der Waals surface area contributed by atoms with Crippen molar-refractivity contribution >= 4 is 22.7 Å². The van der Waals surface area contributed by atoms with Gasteiger partial charge in [0.25, 0.3) is 11.8 Å². The van der Waals surface area contributed by atoms with Crippen LogP contribution in [0, 0.1) is 42.9 Å². The number of aromatic nitrogens is 2. The molecule has 2 aliphatic carbocycles. The molecule has 3 aromatic rings. The number of amides is 2. The van der Waals surface area contributed by atoms with E-state index >= 15 is 0 Å². The Hall–Kier alpha value is -3.53. The van der Waals surface area contributed by atoms with Crippen LogP contribution in [0.5, 0.6) is 0 Å². The van der Waals surface area contributed by atoms with E-state index in [2.05, 4.69) is 47.7 Å². The van der Waals surface area contributed by atoms with Crippen molar-refractivity contribution in [2.75, 3.05) is 13.1 Å². The summed E-state index contributed by atoms with van der Waals surface area (Å²) >= 11 is 0. The molecule has 2 aliphatic rings. The number of aryl methyl sites for hydroxylation is 4. The Morgan fingerprint density at radius 1 is 1.12 bits per heavy atom. The number of H-pyrrole nitrogens is 1. The van der Waals surface area contributed by atoms with Gasteiger partial charge in [-0.2, -0.15) is 5.26 Å². The van der Waals surface area contributed by atoms with Crippen molar-refractivity contribution < 1.29 is 9.59 Å². The van der Waals surface area contributed by atoms with E-state index in [1.165, 1.54) is 6.42 Å². The van der Waals surface area contributed by atoms with Crippen LogP contribution in [0.2, 0.25) is 0 Å². The summed E-state index contributed by atoms with van der Waals surface area (Å²) in [5, 5.41) is 16.5. The molecule has 7 nitrogen and oxygen atoms in total. The van der Waals surface area contributed by atoms with Crippen LogP contribution in [0.25, 0.3) is 10.9 Å². The van der Waals surface area contributed by atoms with Crippen LogP contribution in [0.4, 0.5) is 0 Å². The number of rotatable bonds is 6. The van der Waals surface area contributed by atoms with Gasteiger partial charge in [0.1, 0.15) is 17.5 Å². The number of hydrogen-bond acceptors (Lipinski definition) is 3. The molecule has 1 unspecified atom stereocenters. The molecule has 5 rings (SSSR count). The normalized spacial score (nSPS) is 20.1. The Morgan fingerprint density at radius 3 is 2.41 bits per heavy atom. The molecule has 0 aliphatic heterocycles. The van der Waals surface area contributed by atoms with E-state index in [-0.39, 0.29) is 22.6 Å². The van der Waals surface area contributed by atoms with Crippen molar-refractivity contribution in [1.82, 2.24) is 20.2 Å². The number of hydrogen-bond donors (Lipinski definition) is 3. The van der Waals surface area contributed by atoms with Gasteiger partial charge in [-0.05, 0) is 74.3 Å². The van der Waals surface area contributed by atoms with E-state index < -0.39 is 0 Å². The van der Waals surface area contributed by atoms with Gasteiger partial charge in [-0.1, -0.05) is 12.5 Å². The zero-order valence-electron chi connectivity index (χ0n) is 20.3. The van der Waals surface area contributed by atoms with E-state index in [4.69, 9.17) is 5.26 Å². The summed E-state index contributed by atoms with van der Waals surface area (Å²) in [6, 6.07) is 7.90. The van der Waals surface area contributed by atoms with Gasteiger partial charge in [0.05, 0.1) is 5.56 Å². The third kappa shape index (κ3) is 3.40. The van der Waals surface area contributed by atoms with Crippen molar-refractivity contribution in [2.45, 2.75) is 46.5 Å². The number of benzene rings is 1. The summed E-state index contributed by atoms with van der Waals surface area (Å²) in [6.45, 7) is 7.18. The lowest BCUT2D eigenvalue weighted by Crippen LogP contribution is -2.42. The van der Waals surface area contributed by atoms with Crippen molar-refractivity contribution in [3.8, 4) is 6.07 Å². The highest BCUT2D eigenvalue weighted by Gasteiger charge is 2.69. The first kappa shape index (κ1) is 22.3. The van der Waals surface area contributed by atoms with Gasteiger partial charge < -0.3 is 20.2 Å². The maximum atomic E-state index is 13.2. The van der Waals surface area contributed by atoms with Crippen LogP contribution >= 0.6 is 0 Å². The van der Waals surface area contributed by atoms with Gasteiger partial charge in [-0.25, -0.2) is 0 Å². The van der Waals surface area contributed by atoms with Crippen molar-refractivity contribution in [3.05, 3.63) is 58.0 Å². The Bertz CT molecular complexity index is 1370. The zero-order valence-corrected chi connectivity index (χ0v) is 20.3. The van der Waals surface area contributed by atoms with Crippen LogP contribution in [-0.4, -0.2) is 34.5 Å². The van der Waals surface area contributed by atoms with Crippen LogP contribution in [0.15, 0.2) is 24.4 Å². The standard InChI is InChI=1S/C27H31N5O2/c1-16-8-17(2)22-18(3)23(31-20(22)9-16)25(34)30-15-27(13-26(27)6-5-7-26)14-29-24(33)21-10-19(11-28)12-32(21)4/h8-10,12,31H,5-7,13-15H2,1-4H3,(H,29,33)(H,30,34). The Morgan fingerprint density at radius 2 is 1.82 bits per heavy atom. The predicted octanol–water partition coefficient (Wildman–Crippen LogP) is 4.02. The molecule has 2 saturated carbocycles. The minimum atomic E-state index is -0.187. The van der Waals surface area contributed by atoms with E-state index in [0.29, 0.717) is 30.0 Å². The lowest BCUT2D eigenvalue weighted by atomic mass is 9.75. The Labute approximate surface area is 199 Å². The van der Waals surface area contributed by atoms with Gasteiger partial charge in [0.15, 0.2) is 0 Å². The lowest BCUT2D eigenvalue weighted by Gasteiger charge is -2.33. The molecule has 2 aromatic heterocycles. The maximum Gasteiger partial charge on any atom is 0.268 e. The van der Waals surface area contributed by atoms with E-state index in [9.17, 15) is 9.59 Å². The molecule has 1 spiro atoms. The van der Waals surface area contributed by atoms with Gasteiger partial charge in [-0.3, -0.25) is 9.59 Å². The highest BCUT2D eigenvalue weighted by atomic mass is 16.2. The second-order valence-corrected chi connectivity index (χ2v) is 10.4. The van der Waals surface area contributed by atoms with E-state index in [1.807, 2.05) is 6.92 Å². The fourth-order valence-electron chi connectivity index (χ4n) is 6.15. The molecule has 0 saturated heterocycles. The average Bonchev–Trinajstić information content (AvgIpc) is 3.13. The lowest BCUT2D eigenvalue weighted by molar-refractivity contribution is 0.0904. The molecule has 0 bridgehead atoms. The smallest absolute Gasteiger partial charge is 0.268 e. The maximum absolute atomic E-state index is 13.2. The molecule has 0 radical (unpaired) electrons. The molecule has 1 atom stereocenters. The fraction of sp³-hybridized carbons (Fsp3) is 0.444. The minimum Gasteiger partial charge on any atom is -0.350 e. The molecular weight excluding hydrogens is 426 g/mol. The third-order valence-electron chi connectivity index (χ3n) is 8.25. The van der Waals surface area contributed by atoms with Gasteiger partial charge in [-0.15, -0.1) is 0 Å². The van der Waals surface area contributed by atoms with Gasteiger partial charge in [0.2, 0.25) is 0 Å². The molecule has 2 amide bonds. The molecule has 2 fully saturated rings. The number of fused-ring (bicyclic) bond motifs is 1. The van der Waals surface area contributed by atoms with Crippen molar-refractivity contribution in [2.24, 2.45) is 17.9 Å². The molecule has 34 heavy (non-hydrogen) atoms. The minimum absolute atomic E-state index is 0.0982. The Balaban J connectivity index is 1.30. The number of nitrogens with one attached hydrogen (secondary N) is 3. The summed E-state index contributed by atoms with van der Waals surface area (Å²) in [6.07, 6.45) is 6.16. The van der Waals surface area contributed by atoms with E-state index in [1.54, 1.807) is 23.9 Å². The van der Waals surface area contributed by atoms with Gasteiger partial charge in [0, 0.05) is 42.7 Å². The summed E-state index contributed by atoms with van der Waals surface area (Å²) in [7, 11) is 1.77. The first-order valence-electron chi connectivity index (χ1n) is 11.9. The first-order chi connectivity index (χ1) is 16.2. The molecule has 7 heteroatoms. The van der Waals surface area contributed by atoms with Crippen molar-refractivity contribution in [3.63, 3.8) is 0 Å². The number of nitrogens with zero attached hydrogens (tertiary/aromatic N) is 2. The first-order valence-corrected chi connectivity index (χ1v) is 11.9. The molecule has 1 aromatic carbocycles. The summed E-state index contributed by atoms with van der Waals surface area (Å²) < 4.78 is 1.68. The monoisotopic (exact) mass is 457 g/mol. The molecule has 176 valence electrons. The Kier molecular flexibility index (Phi) is 5.09. The summed E-state index contributed by atoms with van der Waals surface area (Å²) in [5.74, 6) is -0.285. The molecular formula is C27H31N5O2. The fourth-order valence-corrected chi connectivity index (χ4v) is 6.15. The highest BCUT2D eigenvalue weighted by molar-refractivity contribution is 6.02. The van der Waals surface area contributed by atoms with Crippen LogP contribution in [-0.2, 0) is 7.05 Å². The molecule has 2 heterocycles. The second kappa shape index (κ2) is 7.76. The zero-order chi connectivity index (χ0) is 24.3. The highest BCUT2D eigenvalue weighted by Crippen LogP contribution is 2.73. The SMILES string of the molecule is Cc1cc(C)c2c(C)c(C(=O)NCC3(CNC(=O)c4cc(C#N)cn4C)CC34CCC4)[nH]c2c1. The van der Waals surface area contributed by atoms with Crippen LogP contribution in [0.1, 0.15) is 68.9 Å². The van der Waals surface area contributed by atoms with Crippen LogP contribution < -0.4 is 10.6 Å². The summed E-state index contributed by atoms with van der Waals surface area (Å²) in [5.41, 5.74) is 5.94.